The number of likely N-dealkylation sites (tertiary alicyclic amines) is 1. The van der Waals surface area contributed by atoms with E-state index in [2.05, 4.69) is 53.7 Å². The molecule has 1 saturated heterocycles. The van der Waals surface area contributed by atoms with E-state index in [-0.39, 0.29) is 6.04 Å². The lowest BCUT2D eigenvalue weighted by molar-refractivity contribution is 0.0832. The predicted molar refractivity (Wildman–Crippen MR) is 87.5 cm³/mol. The van der Waals surface area contributed by atoms with Crippen molar-refractivity contribution in [1.82, 2.24) is 4.90 Å². The van der Waals surface area contributed by atoms with E-state index >= 15 is 0 Å². The minimum atomic E-state index is 0.228. The van der Waals surface area contributed by atoms with E-state index in [0.717, 1.165) is 18.3 Å². The quantitative estimate of drug-likeness (QED) is 0.883. The number of halogens is 1. The molecule has 2 heterocycles. The summed E-state index contributed by atoms with van der Waals surface area (Å²) in [7, 11) is 0. The Morgan fingerprint density at radius 1 is 1.42 bits per heavy atom. The third kappa shape index (κ3) is 3.60. The topological polar surface area (TPSA) is 29.3 Å². The first-order chi connectivity index (χ1) is 9.02. The first-order valence-electron chi connectivity index (χ1n) is 7.27. The second-order valence-corrected chi connectivity index (χ2v) is 8.39. The van der Waals surface area contributed by atoms with E-state index in [1.807, 2.05) is 11.3 Å². The predicted octanol–water partition coefficient (Wildman–Crippen LogP) is 4.27. The number of nitrogens with zero attached hydrogens (tertiary/aromatic N) is 1. The van der Waals surface area contributed by atoms with Gasteiger partial charge in [0.15, 0.2) is 0 Å². The van der Waals surface area contributed by atoms with E-state index in [9.17, 15) is 0 Å². The van der Waals surface area contributed by atoms with Crippen molar-refractivity contribution in [3.63, 3.8) is 0 Å². The maximum atomic E-state index is 6.42. The molecule has 4 atom stereocenters. The molecule has 0 aromatic carbocycles. The molecule has 1 fully saturated rings. The SMILES string of the molecule is CCC(N)C(c1ccc(Br)s1)N1CCC(C)C(C)C1. The van der Waals surface area contributed by atoms with Gasteiger partial charge >= 0.3 is 0 Å². The van der Waals surface area contributed by atoms with Gasteiger partial charge in [0.2, 0.25) is 0 Å². The molecular formula is C15H25BrN2S. The largest absolute Gasteiger partial charge is 0.326 e. The summed E-state index contributed by atoms with van der Waals surface area (Å²) in [5.41, 5.74) is 6.42. The Kier molecular flexibility index (Phi) is 5.46. The molecule has 4 unspecified atom stereocenters. The zero-order chi connectivity index (χ0) is 14.0. The minimum Gasteiger partial charge on any atom is -0.326 e. The monoisotopic (exact) mass is 344 g/mol. The summed E-state index contributed by atoms with van der Waals surface area (Å²) in [6, 6.07) is 4.99. The van der Waals surface area contributed by atoms with Crippen molar-refractivity contribution >= 4 is 27.3 Å². The average Bonchev–Trinajstić information content (AvgIpc) is 2.80. The van der Waals surface area contributed by atoms with E-state index in [4.69, 9.17) is 5.73 Å². The lowest BCUT2D eigenvalue weighted by Crippen LogP contribution is -2.46. The van der Waals surface area contributed by atoms with Gasteiger partial charge in [-0.05, 0) is 59.3 Å². The zero-order valence-electron chi connectivity index (χ0n) is 12.1. The highest BCUT2D eigenvalue weighted by molar-refractivity contribution is 9.11. The van der Waals surface area contributed by atoms with Crippen LogP contribution in [0.25, 0.3) is 0 Å². The van der Waals surface area contributed by atoms with E-state index in [1.54, 1.807) is 0 Å². The van der Waals surface area contributed by atoms with Crippen LogP contribution in [0.15, 0.2) is 15.9 Å². The van der Waals surface area contributed by atoms with Crippen molar-refractivity contribution < 1.29 is 0 Å². The molecule has 19 heavy (non-hydrogen) atoms. The Bertz CT molecular complexity index is 407. The van der Waals surface area contributed by atoms with Crippen LogP contribution in [0.2, 0.25) is 0 Å². The second kappa shape index (κ2) is 6.70. The van der Waals surface area contributed by atoms with Gasteiger partial charge in [0, 0.05) is 17.5 Å². The summed E-state index contributed by atoms with van der Waals surface area (Å²) in [6.45, 7) is 9.29. The molecular weight excluding hydrogens is 320 g/mol. The van der Waals surface area contributed by atoms with E-state index < -0.39 is 0 Å². The average molecular weight is 345 g/mol. The Morgan fingerprint density at radius 3 is 2.68 bits per heavy atom. The van der Waals surface area contributed by atoms with Gasteiger partial charge in [-0.25, -0.2) is 0 Å². The molecule has 0 radical (unpaired) electrons. The van der Waals surface area contributed by atoms with Crippen LogP contribution in [0.3, 0.4) is 0 Å². The van der Waals surface area contributed by atoms with Crippen LogP contribution in [0.5, 0.6) is 0 Å². The highest BCUT2D eigenvalue weighted by Crippen LogP contribution is 2.36. The van der Waals surface area contributed by atoms with Crippen LogP contribution in [-0.4, -0.2) is 24.0 Å². The van der Waals surface area contributed by atoms with Gasteiger partial charge in [-0.1, -0.05) is 20.8 Å². The van der Waals surface area contributed by atoms with Gasteiger partial charge < -0.3 is 5.73 Å². The van der Waals surface area contributed by atoms with E-state index in [0.29, 0.717) is 6.04 Å². The van der Waals surface area contributed by atoms with Gasteiger partial charge in [0.05, 0.1) is 9.83 Å². The van der Waals surface area contributed by atoms with Crippen molar-refractivity contribution in [2.75, 3.05) is 13.1 Å². The van der Waals surface area contributed by atoms with Crippen molar-refractivity contribution in [2.24, 2.45) is 17.6 Å². The molecule has 0 saturated carbocycles. The van der Waals surface area contributed by atoms with Crippen LogP contribution < -0.4 is 5.73 Å². The lowest BCUT2D eigenvalue weighted by Gasteiger charge is -2.41. The van der Waals surface area contributed by atoms with Crippen LogP contribution >= 0.6 is 27.3 Å². The molecule has 2 nitrogen and oxygen atoms in total. The van der Waals surface area contributed by atoms with Gasteiger partial charge in [-0.2, -0.15) is 0 Å². The van der Waals surface area contributed by atoms with Crippen molar-refractivity contribution in [3.05, 3.63) is 20.8 Å². The molecule has 1 aliphatic heterocycles. The van der Waals surface area contributed by atoms with Crippen LogP contribution in [0.4, 0.5) is 0 Å². The van der Waals surface area contributed by atoms with Crippen LogP contribution in [0.1, 0.15) is 44.5 Å². The summed E-state index contributed by atoms with van der Waals surface area (Å²) in [5, 5.41) is 0. The molecule has 0 bridgehead atoms. The summed E-state index contributed by atoms with van der Waals surface area (Å²) in [5.74, 6) is 1.61. The van der Waals surface area contributed by atoms with Crippen LogP contribution in [0, 0.1) is 11.8 Å². The number of hydrogen-bond donors (Lipinski definition) is 1. The first-order valence-corrected chi connectivity index (χ1v) is 8.88. The molecule has 0 spiro atoms. The van der Waals surface area contributed by atoms with Crippen molar-refractivity contribution in [3.8, 4) is 0 Å². The van der Waals surface area contributed by atoms with Gasteiger partial charge in [-0.3, -0.25) is 4.90 Å². The fourth-order valence-electron chi connectivity index (χ4n) is 2.92. The normalized spacial score (nSPS) is 28.3. The molecule has 0 amide bonds. The molecule has 4 heteroatoms. The Labute approximate surface area is 129 Å². The highest BCUT2D eigenvalue weighted by Gasteiger charge is 2.32. The summed E-state index contributed by atoms with van der Waals surface area (Å²) in [4.78, 5) is 4.01. The maximum absolute atomic E-state index is 6.42. The number of thiophene rings is 1. The number of nitrogens with two attached hydrogens (primary N) is 1. The fourth-order valence-corrected chi connectivity index (χ4v) is 4.55. The number of piperidine rings is 1. The number of hydrogen-bond acceptors (Lipinski definition) is 3. The van der Waals surface area contributed by atoms with E-state index in [1.165, 1.54) is 28.2 Å². The highest BCUT2D eigenvalue weighted by atomic mass is 79.9. The minimum absolute atomic E-state index is 0.228. The van der Waals surface area contributed by atoms with Crippen molar-refractivity contribution in [2.45, 2.75) is 45.7 Å². The molecule has 1 aliphatic rings. The maximum Gasteiger partial charge on any atom is 0.0702 e. The standard InChI is InChI=1S/C15H25BrN2S/c1-4-12(17)15(13-5-6-14(16)19-13)18-8-7-10(2)11(3)9-18/h5-6,10-12,15H,4,7-9,17H2,1-3H3. The van der Waals surface area contributed by atoms with Gasteiger partial charge in [0.25, 0.3) is 0 Å². The first kappa shape index (κ1) is 15.5. The lowest BCUT2D eigenvalue weighted by atomic mass is 9.87. The van der Waals surface area contributed by atoms with Crippen LogP contribution in [-0.2, 0) is 0 Å². The third-order valence-electron chi connectivity index (χ3n) is 4.52. The smallest absolute Gasteiger partial charge is 0.0702 e. The molecule has 1 aromatic heterocycles. The third-order valence-corrected chi connectivity index (χ3v) is 6.22. The molecule has 2 N–H and O–H groups in total. The zero-order valence-corrected chi connectivity index (χ0v) is 14.5. The number of rotatable bonds is 4. The summed E-state index contributed by atoms with van der Waals surface area (Å²) >= 11 is 5.41. The molecule has 108 valence electrons. The second-order valence-electron chi connectivity index (χ2n) is 5.90. The Hall–Kier alpha value is 0.1000. The summed E-state index contributed by atoms with van der Waals surface area (Å²) in [6.07, 6.45) is 2.32. The van der Waals surface area contributed by atoms with Gasteiger partial charge in [0.1, 0.15) is 0 Å². The molecule has 2 rings (SSSR count). The molecule has 1 aromatic rings. The molecule has 0 aliphatic carbocycles. The van der Waals surface area contributed by atoms with Gasteiger partial charge in [-0.15, -0.1) is 11.3 Å². The summed E-state index contributed by atoms with van der Waals surface area (Å²) < 4.78 is 1.20. The Morgan fingerprint density at radius 2 is 2.16 bits per heavy atom. The van der Waals surface area contributed by atoms with Crippen molar-refractivity contribution in [1.29, 1.82) is 0 Å². The Balaban J connectivity index is 2.18. The fraction of sp³-hybridized carbons (Fsp3) is 0.733.